The van der Waals surface area contributed by atoms with Crippen LogP contribution in [0.25, 0.3) is 0 Å². The largest absolute Gasteiger partial charge is 0.361 e. The molecule has 0 aliphatic carbocycles. The third-order valence-electron chi connectivity index (χ3n) is 3.23. The Morgan fingerprint density at radius 2 is 1.95 bits per heavy atom. The highest BCUT2D eigenvalue weighted by molar-refractivity contribution is 5.96. The van der Waals surface area contributed by atoms with Crippen LogP contribution in [0.5, 0.6) is 0 Å². The van der Waals surface area contributed by atoms with E-state index in [1.54, 1.807) is 13.8 Å². The molecule has 1 amide bonds. The van der Waals surface area contributed by atoms with Crippen molar-refractivity contribution >= 4 is 5.91 Å². The standard InChI is InChI=1S/C13H18N4O2/c1-6(11-7(2)15-16-8(11)3)14-13(18)12-9(4)17-19-10(12)5/h6H,1-5H3,(H,14,18)(H,15,16). The van der Waals surface area contributed by atoms with E-state index in [0.29, 0.717) is 17.0 Å². The smallest absolute Gasteiger partial charge is 0.257 e. The molecule has 102 valence electrons. The summed E-state index contributed by atoms with van der Waals surface area (Å²) in [5.74, 6) is 0.353. The summed E-state index contributed by atoms with van der Waals surface area (Å²) in [5.41, 5.74) is 3.97. The zero-order valence-corrected chi connectivity index (χ0v) is 11.8. The van der Waals surface area contributed by atoms with Gasteiger partial charge >= 0.3 is 0 Å². The van der Waals surface area contributed by atoms with Gasteiger partial charge in [0.25, 0.3) is 5.91 Å². The van der Waals surface area contributed by atoms with Gasteiger partial charge in [0.2, 0.25) is 0 Å². The third kappa shape index (κ3) is 2.38. The molecule has 6 nitrogen and oxygen atoms in total. The summed E-state index contributed by atoms with van der Waals surface area (Å²) in [6.07, 6.45) is 0. The predicted molar refractivity (Wildman–Crippen MR) is 69.9 cm³/mol. The Morgan fingerprint density at radius 1 is 1.26 bits per heavy atom. The number of aromatic nitrogens is 3. The van der Waals surface area contributed by atoms with E-state index in [1.165, 1.54) is 0 Å². The maximum Gasteiger partial charge on any atom is 0.257 e. The zero-order chi connectivity index (χ0) is 14.2. The summed E-state index contributed by atoms with van der Waals surface area (Å²) >= 11 is 0. The Kier molecular flexibility index (Phi) is 3.42. The van der Waals surface area contributed by atoms with Crippen molar-refractivity contribution in [3.8, 4) is 0 Å². The van der Waals surface area contributed by atoms with Gasteiger partial charge in [0.1, 0.15) is 11.3 Å². The fraction of sp³-hybridized carbons (Fsp3) is 0.462. The van der Waals surface area contributed by atoms with E-state index in [9.17, 15) is 4.79 Å². The summed E-state index contributed by atoms with van der Waals surface area (Å²) in [7, 11) is 0. The van der Waals surface area contributed by atoms with Crippen molar-refractivity contribution in [3.63, 3.8) is 0 Å². The van der Waals surface area contributed by atoms with E-state index in [0.717, 1.165) is 17.0 Å². The minimum Gasteiger partial charge on any atom is -0.361 e. The van der Waals surface area contributed by atoms with Gasteiger partial charge in [-0.2, -0.15) is 5.10 Å². The Balaban J connectivity index is 2.20. The number of carbonyl (C=O) groups excluding carboxylic acids is 1. The summed E-state index contributed by atoms with van der Waals surface area (Å²) < 4.78 is 5.01. The highest BCUT2D eigenvalue weighted by Crippen LogP contribution is 2.20. The van der Waals surface area contributed by atoms with Crippen LogP contribution in [0, 0.1) is 27.7 Å². The molecule has 0 saturated heterocycles. The Morgan fingerprint density at radius 3 is 2.42 bits per heavy atom. The number of hydrogen-bond acceptors (Lipinski definition) is 4. The van der Waals surface area contributed by atoms with Crippen LogP contribution in [0.15, 0.2) is 4.52 Å². The van der Waals surface area contributed by atoms with Gasteiger partial charge in [-0.25, -0.2) is 0 Å². The molecular formula is C13H18N4O2. The highest BCUT2D eigenvalue weighted by atomic mass is 16.5. The van der Waals surface area contributed by atoms with Gasteiger partial charge in [0.05, 0.1) is 17.4 Å². The van der Waals surface area contributed by atoms with Gasteiger partial charge in [-0.1, -0.05) is 5.16 Å². The topological polar surface area (TPSA) is 83.8 Å². The predicted octanol–water partition coefficient (Wildman–Crippen LogP) is 2.12. The molecule has 1 unspecified atom stereocenters. The fourth-order valence-corrected chi connectivity index (χ4v) is 2.35. The number of H-pyrrole nitrogens is 1. The van der Waals surface area contributed by atoms with Crippen molar-refractivity contribution in [3.05, 3.63) is 34.0 Å². The number of nitrogens with one attached hydrogen (secondary N) is 2. The molecule has 1 atom stereocenters. The average Bonchev–Trinajstić information content (AvgIpc) is 2.82. The van der Waals surface area contributed by atoms with Crippen LogP contribution < -0.4 is 5.32 Å². The van der Waals surface area contributed by atoms with E-state index in [4.69, 9.17) is 4.52 Å². The van der Waals surface area contributed by atoms with E-state index in [-0.39, 0.29) is 11.9 Å². The molecule has 2 aromatic rings. The minimum atomic E-state index is -0.177. The second kappa shape index (κ2) is 4.87. The third-order valence-corrected chi connectivity index (χ3v) is 3.23. The molecule has 6 heteroatoms. The molecule has 0 bridgehead atoms. The van der Waals surface area contributed by atoms with E-state index in [1.807, 2.05) is 20.8 Å². The lowest BCUT2D eigenvalue weighted by molar-refractivity contribution is 0.0937. The second-order valence-electron chi connectivity index (χ2n) is 4.74. The number of nitrogens with zero attached hydrogens (tertiary/aromatic N) is 2. The first-order valence-corrected chi connectivity index (χ1v) is 6.17. The Hall–Kier alpha value is -2.11. The molecule has 2 aromatic heterocycles. The maximum atomic E-state index is 12.2. The molecule has 0 spiro atoms. The Bertz CT molecular complexity index is 573. The van der Waals surface area contributed by atoms with E-state index >= 15 is 0 Å². The van der Waals surface area contributed by atoms with Crippen molar-refractivity contribution in [2.45, 2.75) is 40.7 Å². The number of rotatable bonds is 3. The van der Waals surface area contributed by atoms with Crippen LogP contribution >= 0.6 is 0 Å². The lowest BCUT2D eigenvalue weighted by atomic mass is 10.1. The first-order valence-electron chi connectivity index (χ1n) is 6.17. The van der Waals surface area contributed by atoms with Crippen molar-refractivity contribution in [1.82, 2.24) is 20.7 Å². The van der Waals surface area contributed by atoms with Gasteiger partial charge in [-0.15, -0.1) is 0 Å². The van der Waals surface area contributed by atoms with Crippen molar-refractivity contribution in [2.75, 3.05) is 0 Å². The molecule has 0 aliphatic rings. The minimum absolute atomic E-state index is 0.125. The normalized spacial score (nSPS) is 12.5. The SMILES string of the molecule is Cc1noc(C)c1C(=O)NC(C)c1c(C)n[nH]c1C. The fourth-order valence-electron chi connectivity index (χ4n) is 2.35. The molecule has 0 aromatic carbocycles. The Labute approximate surface area is 111 Å². The number of aryl methyl sites for hydroxylation is 4. The van der Waals surface area contributed by atoms with Crippen molar-refractivity contribution < 1.29 is 9.32 Å². The monoisotopic (exact) mass is 262 g/mol. The number of carbonyl (C=O) groups is 1. The van der Waals surface area contributed by atoms with Crippen molar-refractivity contribution in [1.29, 1.82) is 0 Å². The molecule has 0 aliphatic heterocycles. The van der Waals surface area contributed by atoms with Crippen LogP contribution in [-0.4, -0.2) is 21.3 Å². The molecular weight excluding hydrogens is 244 g/mol. The summed E-state index contributed by atoms with van der Waals surface area (Å²) in [5, 5.41) is 13.8. The molecule has 2 N–H and O–H groups in total. The van der Waals surface area contributed by atoms with Crippen LogP contribution in [0.3, 0.4) is 0 Å². The number of hydrogen-bond donors (Lipinski definition) is 2. The van der Waals surface area contributed by atoms with Crippen LogP contribution in [-0.2, 0) is 0 Å². The summed E-state index contributed by atoms with van der Waals surface area (Å²) in [6, 6.07) is -0.125. The second-order valence-corrected chi connectivity index (χ2v) is 4.74. The molecule has 19 heavy (non-hydrogen) atoms. The maximum absolute atomic E-state index is 12.2. The molecule has 0 saturated carbocycles. The molecule has 2 heterocycles. The van der Waals surface area contributed by atoms with Crippen LogP contribution in [0.1, 0.15) is 51.7 Å². The van der Waals surface area contributed by atoms with Gasteiger partial charge in [0, 0.05) is 11.3 Å². The summed E-state index contributed by atoms with van der Waals surface area (Å²) in [4.78, 5) is 12.2. The lowest BCUT2D eigenvalue weighted by Gasteiger charge is -2.14. The van der Waals surface area contributed by atoms with Gasteiger partial charge in [-0.05, 0) is 34.6 Å². The van der Waals surface area contributed by atoms with Gasteiger partial charge in [0.15, 0.2) is 0 Å². The molecule has 2 rings (SSSR count). The number of amides is 1. The molecule has 0 radical (unpaired) electrons. The molecule has 0 fully saturated rings. The average molecular weight is 262 g/mol. The first kappa shape index (κ1) is 13.3. The highest BCUT2D eigenvalue weighted by Gasteiger charge is 2.21. The number of aromatic amines is 1. The first-order chi connectivity index (χ1) is 8.91. The van der Waals surface area contributed by atoms with Gasteiger partial charge < -0.3 is 9.84 Å². The van der Waals surface area contributed by atoms with E-state index < -0.39 is 0 Å². The summed E-state index contributed by atoms with van der Waals surface area (Å²) in [6.45, 7) is 9.27. The lowest BCUT2D eigenvalue weighted by Crippen LogP contribution is -2.28. The van der Waals surface area contributed by atoms with Gasteiger partial charge in [-0.3, -0.25) is 9.89 Å². The van der Waals surface area contributed by atoms with Crippen LogP contribution in [0.2, 0.25) is 0 Å². The quantitative estimate of drug-likeness (QED) is 0.887. The van der Waals surface area contributed by atoms with Crippen molar-refractivity contribution in [2.24, 2.45) is 0 Å². The zero-order valence-electron chi connectivity index (χ0n) is 11.8. The van der Waals surface area contributed by atoms with Crippen LogP contribution in [0.4, 0.5) is 0 Å². The van der Waals surface area contributed by atoms with E-state index in [2.05, 4.69) is 20.7 Å².